The van der Waals surface area contributed by atoms with Crippen molar-refractivity contribution < 1.29 is 4.79 Å². The maximum absolute atomic E-state index is 12.2. The summed E-state index contributed by atoms with van der Waals surface area (Å²) in [5.41, 5.74) is 1.83. The molecule has 108 valence electrons. The summed E-state index contributed by atoms with van der Waals surface area (Å²) in [6.07, 6.45) is 1.78. The van der Waals surface area contributed by atoms with Crippen LogP contribution in [0.1, 0.15) is 15.9 Å². The van der Waals surface area contributed by atoms with Crippen molar-refractivity contribution in [2.45, 2.75) is 5.03 Å². The van der Waals surface area contributed by atoms with Crippen LogP contribution in [0.2, 0.25) is 5.02 Å². The van der Waals surface area contributed by atoms with E-state index >= 15 is 0 Å². The average Bonchev–Trinajstić information content (AvgIpc) is 2.90. The number of rotatable bonds is 4. The first-order valence-electron chi connectivity index (χ1n) is 6.48. The fraction of sp³-hybridized carbons (Fsp3) is 0.0625. The average molecular weight is 328 g/mol. The molecule has 0 N–H and O–H groups in total. The molecule has 0 amide bonds. The number of Topliss-reactive ketones (excluding diaryl/α,β-unsaturated/α-hetero) is 1. The van der Waals surface area contributed by atoms with Gasteiger partial charge in [-0.2, -0.15) is 10.4 Å². The SMILES string of the molecule is N#Cc1c(SCC(=O)c2ccc(Cl)cc2)nn2ccccc12. The molecule has 0 atom stereocenters. The first-order valence-corrected chi connectivity index (χ1v) is 7.84. The van der Waals surface area contributed by atoms with Crippen LogP contribution < -0.4 is 0 Å². The van der Waals surface area contributed by atoms with Crippen LogP contribution in [0.4, 0.5) is 0 Å². The summed E-state index contributed by atoms with van der Waals surface area (Å²) in [7, 11) is 0. The van der Waals surface area contributed by atoms with Gasteiger partial charge in [-0.25, -0.2) is 4.52 Å². The third-order valence-electron chi connectivity index (χ3n) is 3.13. The second kappa shape index (κ2) is 6.22. The number of carbonyl (C=O) groups is 1. The van der Waals surface area contributed by atoms with Crippen LogP contribution in [0.5, 0.6) is 0 Å². The highest BCUT2D eigenvalue weighted by Gasteiger charge is 2.14. The zero-order chi connectivity index (χ0) is 15.5. The lowest BCUT2D eigenvalue weighted by Crippen LogP contribution is -2.02. The van der Waals surface area contributed by atoms with E-state index < -0.39 is 0 Å². The van der Waals surface area contributed by atoms with Gasteiger partial charge >= 0.3 is 0 Å². The quantitative estimate of drug-likeness (QED) is 0.539. The molecule has 0 fully saturated rings. The van der Waals surface area contributed by atoms with E-state index in [1.54, 1.807) is 35.0 Å². The lowest BCUT2D eigenvalue weighted by atomic mass is 10.1. The van der Waals surface area contributed by atoms with Gasteiger partial charge in [0.25, 0.3) is 0 Å². The Balaban J connectivity index is 1.81. The van der Waals surface area contributed by atoms with Gasteiger partial charge in [0, 0.05) is 16.8 Å². The summed E-state index contributed by atoms with van der Waals surface area (Å²) >= 11 is 7.08. The molecule has 0 saturated carbocycles. The van der Waals surface area contributed by atoms with E-state index in [9.17, 15) is 10.1 Å². The summed E-state index contributed by atoms with van der Waals surface area (Å²) in [5, 5.41) is 14.8. The number of nitriles is 1. The van der Waals surface area contributed by atoms with Crippen molar-refractivity contribution in [3.05, 3.63) is 64.8 Å². The summed E-state index contributed by atoms with van der Waals surface area (Å²) < 4.78 is 1.65. The molecule has 22 heavy (non-hydrogen) atoms. The van der Waals surface area contributed by atoms with Gasteiger partial charge in [0.15, 0.2) is 5.78 Å². The van der Waals surface area contributed by atoms with Crippen LogP contribution in [0.25, 0.3) is 5.52 Å². The van der Waals surface area contributed by atoms with Crippen molar-refractivity contribution in [1.29, 1.82) is 5.26 Å². The first kappa shape index (κ1) is 14.6. The van der Waals surface area contributed by atoms with Gasteiger partial charge in [0.05, 0.1) is 11.3 Å². The predicted octanol–water partition coefficient (Wildman–Crippen LogP) is 3.83. The summed E-state index contributed by atoms with van der Waals surface area (Å²) in [6.45, 7) is 0. The van der Waals surface area contributed by atoms with E-state index in [1.807, 2.05) is 18.2 Å². The van der Waals surface area contributed by atoms with E-state index in [1.165, 1.54) is 11.8 Å². The molecule has 0 aliphatic carbocycles. The minimum atomic E-state index is -0.0254. The third-order valence-corrected chi connectivity index (χ3v) is 4.34. The highest BCUT2D eigenvalue weighted by atomic mass is 35.5. The predicted molar refractivity (Wildman–Crippen MR) is 86.4 cm³/mol. The fourth-order valence-corrected chi connectivity index (χ4v) is 3.04. The second-order valence-corrected chi connectivity index (χ2v) is 5.94. The molecule has 0 spiro atoms. The topological polar surface area (TPSA) is 58.2 Å². The normalized spacial score (nSPS) is 10.5. The highest BCUT2D eigenvalue weighted by molar-refractivity contribution is 8.00. The molecular weight excluding hydrogens is 318 g/mol. The number of hydrogen-bond acceptors (Lipinski definition) is 4. The van der Waals surface area contributed by atoms with Crippen LogP contribution >= 0.6 is 23.4 Å². The van der Waals surface area contributed by atoms with E-state index in [0.717, 1.165) is 5.52 Å². The number of ketones is 1. The molecule has 0 saturated heterocycles. The van der Waals surface area contributed by atoms with Gasteiger partial charge in [0.1, 0.15) is 16.7 Å². The Morgan fingerprint density at radius 3 is 2.77 bits per heavy atom. The van der Waals surface area contributed by atoms with Crippen LogP contribution in [-0.4, -0.2) is 21.2 Å². The van der Waals surface area contributed by atoms with Crippen LogP contribution in [0.3, 0.4) is 0 Å². The Morgan fingerprint density at radius 1 is 1.27 bits per heavy atom. The molecule has 2 aromatic heterocycles. The van der Waals surface area contributed by atoms with Crippen molar-refractivity contribution in [1.82, 2.24) is 9.61 Å². The summed E-state index contributed by atoms with van der Waals surface area (Å²) in [5.74, 6) is 0.197. The molecular formula is C16H10ClN3OS. The molecule has 0 radical (unpaired) electrons. The number of aromatic nitrogens is 2. The van der Waals surface area contributed by atoms with E-state index in [-0.39, 0.29) is 11.5 Å². The monoisotopic (exact) mass is 327 g/mol. The van der Waals surface area contributed by atoms with Gasteiger partial charge in [-0.15, -0.1) is 0 Å². The Morgan fingerprint density at radius 2 is 2.05 bits per heavy atom. The summed E-state index contributed by atoms with van der Waals surface area (Å²) in [4.78, 5) is 12.2. The first-order chi connectivity index (χ1) is 10.7. The van der Waals surface area contributed by atoms with Gasteiger partial charge in [-0.3, -0.25) is 4.79 Å². The largest absolute Gasteiger partial charge is 0.293 e. The second-order valence-electron chi connectivity index (χ2n) is 4.54. The molecule has 4 nitrogen and oxygen atoms in total. The standard InChI is InChI=1S/C16H10ClN3OS/c17-12-6-4-11(5-7-12)15(21)10-22-16-13(9-18)14-3-1-2-8-20(14)19-16/h1-8H,10H2. The number of pyridine rings is 1. The van der Waals surface area contributed by atoms with Crippen LogP contribution in [-0.2, 0) is 0 Å². The van der Waals surface area contributed by atoms with Crippen LogP contribution in [0.15, 0.2) is 53.7 Å². The Bertz CT molecular complexity index is 881. The van der Waals surface area contributed by atoms with Gasteiger partial charge in [-0.05, 0) is 36.4 Å². The molecule has 3 aromatic rings. The highest BCUT2D eigenvalue weighted by Crippen LogP contribution is 2.25. The van der Waals surface area contributed by atoms with Crippen molar-refractivity contribution in [2.24, 2.45) is 0 Å². The molecule has 3 rings (SSSR count). The van der Waals surface area contributed by atoms with E-state index in [0.29, 0.717) is 21.2 Å². The van der Waals surface area contributed by atoms with Crippen molar-refractivity contribution in [2.75, 3.05) is 5.75 Å². The molecule has 6 heteroatoms. The Labute approximate surface area is 136 Å². The lowest BCUT2D eigenvalue weighted by Gasteiger charge is -2.00. The number of carbonyl (C=O) groups excluding carboxylic acids is 1. The van der Waals surface area contributed by atoms with Crippen molar-refractivity contribution in [3.63, 3.8) is 0 Å². The van der Waals surface area contributed by atoms with Gasteiger partial charge in [-0.1, -0.05) is 29.4 Å². The zero-order valence-corrected chi connectivity index (χ0v) is 12.9. The Kier molecular flexibility index (Phi) is 4.14. The number of nitrogens with zero attached hydrogens (tertiary/aromatic N) is 3. The molecule has 2 heterocycles. The van der Waals surface area contributed by atoms with E-state index in [2.05, 4.69) is 11.2 Å². The summed E-state index contributed by atoms with van der Waals surface area (Å²) in [6, 6.07) is 14.4. The van der Waals surface area contributed by atoms with Gasteiger partial charge in [0.2, 0.25) is 0 Å². The molecule has 0 aliphatic rings. The van der Waals surface area contributed by atoms with Crippen molar-refractivity contribution in [3.8, 4) is 6.07 Å². The molecule has 1 aromatic carbocycles. The smallest absolute Gasteiger partial charge is 0.173 e. The molecule has 0 unspecified atom stereocenters. The maximum atomic E-state index is 12.2. The minimum Gasteiger partial charge on any atom is -0.293 e. The number of halogens is 1. The van der Waals surface area contributed by atoms with Crippen LogP contribution in [0, 0.1) is 11.3 Å². The number of hydrogen-bond donors (Lipinski definition) is 0. The molecule has 0 bridgehead atoms. The third kappa shape index (κ3) is 2.84. The molecule has 0 aliphatic heterocycles. The number of thioether (sulfide) groups is 1. The Hall–Kier alpha value is -2.29. The maximum Gasteiger partial charge on any atom is 0.173 e. The fourth-order valence-electron chi connectivity index (χ4n) is 2.04. The zero-order valence-electron chi connectivity index (χ0n) is 11.4. The number of benzene rings is 1. The van der Waals surface area contributed by atoms with Crippen molar-refractivity contribution >= 4 is 34.7 Å². The minimum absolute atomic E-state index is 0.0254. The lowest BCUT2D eigenvalue weighted by molar-refractivity contribution is 0.102. The van der Waals surface area contributed by atoms with Gasteiger partial charge < -0.3 is 0 Å². The number of fused-ring (bicyclic) bond motifs is 1. The van der Waals surface area contributed by atoms with E-state index in [4.69, 9.17) is 11.6 Å².